The van der Waals surface area contributed by atoms with Crippen molar-refractivity contribution in [2.75, 3.05) is 0 Å². The van der Waals surface area contributed by atoms with Crippen LogP contribution in [-0.4, -0.2) is 15.0 Å². The molecule has 0 bridgehead atoms. The van der Waals surface area contributed by atoms with Crippen LogP contribution in [0.4, 0.5) is 0 Å². The molecule has 0 saturated heterocycles. The van der Waals surface area contributed by atoms with Gasteiger partial charge in [0.2, 0.25) is 0 Å². The van der Waals surface area contributed by atoms with E-state index in [0.717, 1.165) is 22.0 Å². The van der Waals surface area contributed by atoms with Gasteiger partial charge in [-0.05, 0) is 0 Å². The minimum absolute atomic E-state index is 0.766. The first kappa shape index (κ1) is 8.20. The van der Waals surface area contributed by atoms with Crippen LogP contribution in [0.15, 0.2) is 0 Å². The summed E-state index contributed by atoms with van der Waals surface area (Å²) in [6.45, 7) is 0. The fourth-order valence-corrected chi connectivity index (χ4v) is 1.57. The number of aromatic nitrogens is 3. The number of hydrogen-bond acceptors (Lipinski definition) is 2. The maximum absolute atomic E-state index is 4.13. The van der Waals surface area contributed by atoms with Gasteiger partial charge in [0, 0.05) is 17.7 Å². The zero-order valence-corrected chi connectivity index (χ0v) is 8.68. The van der Waals surface area contributed by atoms with E-state index in [2.05, 4.69) is 42.1 Å². The summed E-state index contributed by atoms with van der Waals surface area (Å²) < 4.78 is 0. The summed E-state index contributed by atoms with van der Waals surface area (Å²) in [7, 11) is 1.82. The van der Waals surface area contributed by atoms with Gasteiger partial charge in [-0.25, -0.2) is 0 Å². The second-order valence-corrected chi connectivity index (χ2v) is 2.97. The standard InChI is InChI=1S/C5H7Br2N3/c1-10-8-4(2-6)5(3-7)9-10/h2-3H2,1H3. The van der Waals surface area contributed by atoms with Crippen molar-refractivity contribution in [2.45, 2.75) is 10.7 Å². The fraction of sp³-hybridized carbons (Fsp3) is 0.600. The summed E-state index contributed by atoms with van der Waals surface area (Å²) in [5.41, 5.74) is 2.00. The van der Waals surface area contributed by atoms with E-state index in [1.165, 1.54) is 0 Å². The van der Waals surface area contributed by atoms with Crippen LogP contribution in [0.2, 0.25) is 0 Å². The third-order valence-electron chi connectivity index (χ3n) is 1.12. The molecule has 1 aromatic heterocycles. The van der Waals surface area contributed by atoms with Crippen LogP contribution in [0.25, 0.3) is 0 Å². The molecule has 0 saturated carbocycles. The van der Waals surface area contributed by atoms with Gasteiger partial charge in [0.25, 0.3) is 0 Å². The molecule has 56 valence electrons. The zero-order valence-electron chi connectivity index (χ0n) is 5.51. The van der Waals surface area contributed by atoms with Crippen molar-refractivity contribution in [1.82, 2.24) is 15.0 Å². The van der Waals surface area contributed by atoms with E-state index < -0.39 is 0 Å². The predicted molar refractivity (Wildman–Crippen MR) is 46.3 cm³/mol. The van der Waals surface area contributed by atoms with Crippen molar-refractivity contribution in [2.24, 2.45) is 7.05 Å². The Morgan fingerprint density at radius 2 is 1.60 bits per heavy atom. The third-order valence-corrected chi connectivity index (χ3v) is 2.18. The van der Waals surface area contributed by atoms with Gasteiger partial charge < -0.3 is 0 Å². The normalized spacial score (nSPS) is 10.3. The van der Waals surface area contributed by atoms with E-state index in [1.54, 1.807) is 4.80 Å². The molecule has 0 aliphatic carbocycles. The van der Waals surface area contributed by atoms with Crippen molar-refractivity contribution in [3.05, 3.63) is 11.4 Å². The molecule has 0 atom stereocenters. The number of alkyl halides is 2. The molecule has 0 spiro atoms. The molecule has 1 heterocycles. The molecule has 5 heteroatoms. The van der Waals surface area contributed by atoms with Gasteiger partial charge in [-0.2, -0.15) is 15.0 Å². The Morgan fingerprint density at radius 1 is 1.20 bits per heavy atom. The number of halogens is 2. The lowest BCUT2D eigenvalue weighted by atomic mass is 10.4. The average Bonchev–Trinajstić information content (AvgIpc) is 2.30. The van der Waals surface area contributed by atoms with Gasteiger partial charge >= 0.3 is 0 Å². The first-order chi connectivity index (χ1) is 4.77. The Kier molecular flexibility index (Phi) is 2.85. The lowest BCUT2D eigenvalue weighted by molar-refractivity contribution is 0.645. The van der Waals surface area contributed by atoms with E-state index in [-0.39, 0.29) is 0 Å². The molecule has 0 N–H and O–H groups in total. The smallest absolute Gasteiger partial charge is 0.0973 e. The molecule has 10 heavy (non-hydrogen) atoms. The Morgan fingerprint density at radius 3 is 1.90 bits per heavy atom. The van der Waals surface area contributed by atoms with Gasteiger partial charge in [-0.3, -0.25) is 0 Å². The van der Waals surface area contributed by atoms with Crippen LogP contribution in [0.5, 0.6) is 0 Å². The highest BCUT2D eigenvalue weighted by molar-refractivity contribution is 9.09. The summed E-state index contributed by atoms with van der Waals surface area (Å²) in [5.74, 6) is 0. The fourth-order valence-electron chi connectivity index (χ4n) is 0.695. The average molecular weight is 269 g/mol. The highest BCUT2D eigenvalue weighted by Crippen LogP contribution is 2.09. The van der Waals surface area contributed by atoms with Gasteiger partial charge in [-0.1, -0.05) is 31.9 Å². The minimum Gasteiger partial charge on any atom is -0.187 e. The van der Waals surface area contributed by atoms with Crippen molar-refractivity contribution in [3.63, 3.8) is 0 Å². The topological polar surface area (TPSA) is 30.7 Å². The summed E-state index contributed by atoms with van der Waals surface area (Å²) in [4.78, 5) is 1.58. The molecule has 1 rings (SSSR count). The first-order valence-electron chi connectivity index (χ1n) is 2.79. The molecule has 1 aromatic rings. The molecular weight excluding hydrogens is 262 g/mol. The summed E-state index contributed by atoms with van der Waals surface area (Å²) >= 11 is 6.65. The van der Waals surface area contributed by atoms with E-state index in [9.17, 15) is 0 Å². The summed E-state index contributed by atoms with van der Waals surface area (Å²) in [6, 6.07) is 0. The highest BCUT2D eigenvalue weighted by atomic mass is 79.9. The Labute approximate surface area is 76.1 Å². The van der Waals surface area contributed by atoms with Gasteiger partial charge in [0.1, 0.15) is 0 Å². The minimum atomic E-state index is 0.766. The lowest BCUT2D eigenvalue weighted by Gasteiger charge is -1.86. The van der Waals surface area contributed by atoms with Crippen LogP contribution >= 0.6 is 31.9 Å². The SMILES string of the molecule is Cn1nc(CBr)c(CBr)n1. The Balaban J connectivity index is 2.96. The molecule has 3 nitrogen and oxygen atoms in total. The third kappa shape index (κ3) is 1.58. The summed E-state index contributed by atoms with van der Waals surface area (Å²) in [6.07, 6.45) is 0. The van der Waals surface area contributed by atoms with Crippen molar-refractivity contribution < 1.29 is 0 Å². The molecule has 0 unspecified atom stereocenters. The van der Waals surface area contributed by atoms with E-state index in [0.29, 0.717) is 0 Å². The van der Waals surface area contributed by atoms with E-state index in [4.69, 9.17) is 0 Å². The number of hydrogen-bond donors (Lipinski definition) is 0. The quantitative estimate of drug-likeness (QED) is 0.763. The number of aryl methyl sites for hydroxylation is 1. The molecule has 0 aromatic carbocycles. The maximum atomic E-state index is 4.13. The van der Waals surface area contributed by atoms with Crippen molar-refractivity contribution in [1.29, 1.82) is 0 Å². The Bertz CT molecular complexity index is 199. The van der Waals surface area contributed by atoms with Crippen molar-refractivity contribution in [3.8, 4) is 0 Å². The number of rotatable bonds is 2. The van der Waals surface area contributed by atoms with Crippen LogP contribution in [0.1, 0.15) is 11.4 Å². The lowest BCUT2D eigenvalue weighted by Crippen LogP contribution is -1.92. The van der Waals surface area contributed by atoms with Crippen LogP contribution in [0, 0.1) is 0 Å². The van der Waals surface area contributed by atoms with Gasteiger partial charge in [-0.15, -0.1) is 0 Å². The monoisotopic (exact) mass is 267 g/mol. The van der Waals surface area contributed by atoms with Crippen molar-refractivity contribution >= 4 is 31.9 Å². The first-order valence-corrected chi connectivity index (χ1v) is 5.03. The second kappa shape index (κ2) is 3.48. The summed E-state index contributed by atoms with van der Waals surface area (Å²) in [5, 5.41) is 9.79. The second-order valence-electron chi connectivity index (χ2n) is 1.85. The largest absolute Gasteiger partial charge is 0.187 e. The molecule has 0 radical (unpaired) electrons. The number of nitrogens with zero attached hydrogens (tertiary/aromatic N) is 3. The van der Waals surface area contributed by atoms with Crippen LogP contribution < -0.4 is 0 Å². The maximum Gasteiger partial charge on any atom is 0.0973 e. The van der Waals surface area contributed by atoms with Gasteiger partial charge in [0.05, 0.1) is 11.4 Å². The Hall–Kier alpha value is 0.1000. The molecule has 0 fully saturated rings. The zero-order chi connectivity index (χ0) is 7.56. The van der Waals surface area contributed by atoms with E-state index in [1.807, 2.05) is 7.05 Å². The van der Waals surface area contributed by atoms with Crippen LogP contribution in [-0.2, 0) is 17.7 Å². The molecule has 0 aliphatic rings. The molecule has 0 aliphatic heterocycles. The highest BCUT2D eigenvalue weighted by Gasteiger charge is 2.05. The molecule has 0 amide bonds. The van der Waals surface area contributed by atoms with Crippen LogP contribution in [0.3, 0.4) is 0 Å². The van der Waals surface area contributed by atoms with E-state index >= 15 is 0 Å². The molecular formula is C5H7Br2N3. The van der Waals surface area contributed by atoms with Gasteiger partial charge in [0.15, 0.2) is 0 Å². The predicted octanol–water partition coefficient (Wildman–Crippen LogP) is 1.60.